The Labute approximate surface area is 34.9 Å². The molecule has 0 aromatic heterocycles. The molecule has 29 valence electrons. The molecule has 0 unspecified atom stereocenters. The van der Waals surface area contributed by atoms with Crippen LogP contribution in [0.5, 0.6) is 0 Å². The molecule has 0 amide bonds. The molecule has 0 atom stereocenters. The lowest BCUT2D eigenvalue weighted by molar-refractivity contribution is 0.215. The fourth-order valence-electron chi connectivity index (χ4n) is 0. The van der Waals surface area contributed by atoms with Crippen LogP contribution in [-0.4, -0.2) is 22.1 Å². The fraction of sp³-hybridized carbons (Fsp3) is 1.00. The molecule has 0 bridgehead atoms. The normalized spacial score (nSPS) is 6.00. The molecule has 0 spiro atoms. The Balaban J connectivity index is 0. The van der Waals surface area contributed by atoms with E-state index in [0.29, 0.717) is 0 Å². The van der Waals surface area contributed by atoms with Gasteiger partial charge < -0.3 is 4.74 Å². The third kappa shape index (κ3) is 15.7. The van der Waals surface area contributed by atoms with Crippen molar-refractivity contribution in [1.82, 2.24) is 0 Å². The van der Waals surface area contributed by atoms with Gasteiger partial charge in [0.25, 0.3) is 0 Å². The Hall–Kier alpha value is 0.0249. The van der Waals surface area contributed by atoms with Crippen molar-refractivity contribution in [2.24, 2.45) is 0 Å². The molecular weight excluding hydrogens is 62.8 g/mol. The monoisotopic (exact) mass is 71.1 g/mol. The Kier molecular flexibility index (Phi) is 16.0. The predicted molar refractivity (Wildman–Crippen MR) is 23.3 cm³/mol. The van der Waals surface area contributed by atoms with E-state index in [4.69, 9.17) is 0 Å². The summed E-state index contributed by atoms with van der Waals surface area (Å²) in [6.07, 6.45) is 0. The first kappa shape index (κ1) is 8.90. The van der Waals surface area contributed by atoms with Gasteiger partial charge in [-0.2, -0.15) is 0 Å². The molecule has 0 fully saturated rings. The molecular formula is C3H8BO. The van der Waals surface area contributed by atoms with E-state index in [1.807, 2.05) is 6.92 Å². The van der Waals surface area contributed by atoms with Crippen LogP contribution in [0.4, 0.5) is 0 Å². The number of ether oxygens (including phenoxy) is 1. The second-order valence-corrected chi connectivity index (χ2v) is 0.577. The Morgan fingerprint density at radius 2 is 1.80 bits per heavy atom. The fourth-order valence-corrected chi connectivity index (χ4v) is 0. The van der Waals surface area contributed by atoms with Crippen molar-refractivity contribution in [2.75, 3.05) is 13.7 Å². The van der Waals surface area contributed by atoms with Crippen molar-refractivity contribution in [2.45, 2.75) is 6.92 Å². The number of hydrogen-bond acceptors (Lipinski definition) is 1. The van der Waals surface area contributed by atoms with E-state index in [2.05, 4.69) is 4.74 Å². The zero-order chi connectivity index (χ0) is 3.41. The highest BCUT2D eigenvalue weighted by molar-refractivity contribution is 5.75. The zero-order valence-electron chi connectivity index (χ0n) is 3.69. The minimum atomic E-state index is 0. The lowest BCUT2D eigenvalue weighted by Gasteiger charge is -1.76. The van der Waals surface area contributed by atoms with E-state index in [1.165, 1.54) is 0 Å². The molecule has 0 aliphatic carbocycles. The lowest BCUT2D eigenvalue weighted by Crippen LogP contribution is -1.73. The van der Waals surface area contributed by atoms with Gasteiger partial charge >= 0.3 is 0 Å². The maximum absolute atomic E-state index is 4.54. The maximum Gasteiger partial charge on any atom is 0.0433 e. The predicted octanol–water partition coefficient (Wildman–Crippen LogP) is 0.272. The van der Waals surface area contributed by atoms with E-state index in [-0.39, 0.29) is 8.41 Å². The average Bonchev–Trinajstić information content (AvgIpc) is 1.37. The smallest absolute Gasteiger partial charge is 0.0433 e. The molecule has 3 radical (unpaired) electrons. The van der Waals surface area contributed by atoms with Gasteiger partial charge in [-0.15, -0.1) is 0 Å². The van der Waals surface area contributed by atoms with Gasteiger partial charge in [-0.25, -0.2) is 0 Å². The van der Waals surface area contributed by atoms with Crippen LogP contribution in [-0.2, 0) is 4.74 Å². The third-order valence-electron chi connectivity index (χ3n) is 0.289. The van der Waals surface area contributed by atoms with Crippen molar-refractivity contribution < 1.29 is 4.74 Å². The van der Waals surface area contributed by atoms with Gasteiger partial charge in [-0.1, -0.05) is 0 Å². The summed E-state index contributed by atoms with van der Waals surface area (Å²) in [7, 11) is 1.68. The van der Waals surface area contributed by atoms with Crippen LogP contribution in [0.25, 0.3) is 0 Å². The molecule has 0 aliphatic rings. The summed E-state index contributed by atoms with van der Waals surface area (Å²) >= 11 is 0. The van der Waals surface area contributed by atoms with Crippen molar-refractivity contribution in [3.63, 3.8) is 0 Å². The first-order valence-corrected chi connectivity index (χ1v) is 1.40. The highest BCUT2D eigenvalue weighted by Gasteiger charge is 1.51. The van der Waals surface area contributed by atoms with Gasteiger partial charge in [0, 0.05) is 22.1 Å². The first-order chi connectivity index (χ1) is 1.91. The van der Waals surface area contributed by atoms with Crippen LogP contribution >= 0.6 is 0 Å². The van der Waals surface area contributed by atoms with Crippen molar-refractivity contribution in [3.8, 4) is 0 Å². The summed E-state index contributed by atoms with van der Waals surface area (Å²) < 4.78 is 4.54. The second-order valence-electron chi connectivity index (χ2n) is 0.577. The minimum Gasteiger partial charge on any atom is -0.385 e. The topological polar surface area (TPSA) is 9.23 Å². The zero-order valence-corrected chi connectivity index (χ0v) is 3.69. The van der Waals surface area contributed by atoms with Crippen LogP contribution in [0.1, 0.15) is 6.92 Å². The van der Waals surface area contributed by atoms with Crippen LogP contribution in [0.15, 0.2) is 0 Å². The Morgan fingerprint density at radius 3 is 1.80 bits per heavy atom. The molecule has 0 aromatic carbocycles. The third-order valence-corrected chi connectivity index (χ3v) is 0.289. The summed E-state index contributed by atoms with van der Waals surface area (Å²) in [6, 6.07) is 0. The van der Waals surface area contributed by atoms with Crippen molar-refractivity contribution >= 4 is 8.41 Å². The number of methoxy groups -OCH3 is 1. The Morgan fingerprint density at radius 1 is 1.60 bits per heavy atom. The quantitative estimate of drug-likeness (QED) is 0.403. The molecule has 5 heavy (non-hydrogen) atoms. The van der Waals surface area contributed by atoms with Gasteiger partial charge in [0.15, 0.2) is 0 Å². The number of rotatable bonds is 1. The van der Waals surface area contributed by atoms with Crippen LogP contribution < -0.4 is 0 Å². The molecule has 2 heteroatoms. The van der Waals surface area contributed by atoms with E-state index in [9.17, 15) is 0 Å². The molecule has 0 heterocycles. The average molecular weight is 70.9 g/mol. The van der Waals surface area contributed by atoms with Crippen molar-refractivity contribution in [1.29, 1.82) is 0 Å². The molecule has 0 rings (SSSR count). The SMILES string of the molecule is CCOC.[B]. The van der Waals surface area contributed by atoms with Gasteiger partial charge in [0.05, 0.1) is 0 Å². The lowest BCUT2D eigenvalue weighted by atomic mass is 10.8. The maximum atomic E-state index is 4.54. The summed E-state index contributed by atoms with van der Waals surface area (Å²) in [5.41, 5.74) is 0. The molecule has 0 saturated carbocycles. The van der Waals surface area contributed by atoms with Crippen molar-refractivity contribution in [3.05, 3.63) is 0 Å². The van der Waals surface area contributed by atoms with E-state index in [1.54, 1.807) is 7.11 Å². The van der Waals surface area contributed by atoms with E-state index >= 15 is 0 Å². The molecule has 0 aliphatic heterocycles. The summed E-state index contributed by atoms with van der Waals surface area (Å²) in [5, 5.41) is 0. The highest BCUT2D eigenvalue weighted by Crippen LogP contribution is 1.52. The van der Waals surface area contributed by atoms with Crippen LogP contribution in [0.3, 0.4) is 0 Å². The molecule has 0 saturated heterocycles. The van der Waals surface area contributed by atoms with Crippen LogP contribution in [0.2, 0.25) is 0 Å². The standard InChI is InChI=1S/C3H8O.B/c1-3-4-2;/h3H2,1-2H3;. The summed E-state index contributed by atoms with van der Waals surface area (Å²) in [4.78, 5) is 0. The van der Waals surface area contributed by atoms with Crippen LogP contribution in [0, 0.1) is 0 Å². The molecule has 1 nitrogen and oxygen atoms in total. The molecule has 0 aromatic rings. The Bertz CT molecular complexity index is 8.85. The van der Waals surface area contributed by atoms with Gasteiger partial charge in [0.2, 0.25) is 0 Å². The molecule has 0 N–H and O–H groups in total. The first-order valence-electron chi connectivity index (χ1n) is 1.40. The van der Waals surface area contributed by atoms with Gasteiger partial charge in [-0.05, 0) is 6.92 Å². The largest absolute Gasteiger partial charge is 0.385 e. The van der Waals surface area contributed by atoms with E-state index < -0.39 is 0 Å². The second kappa shape index (κ2) is 8.98. The highest BCUT2D eigenvalue weighted by atomic mass is 16.5. The van der Waals surface area contributed by atoms with Gasteiger partial charge in [0.1, 0.15) is 0 Å². The van der Waals surface area contributed by atoms with Gasteiger partial charge in [-0.3, -0.25) is 0 Å². The minimum absolute atomic E-state index is 0. The number of hydrogen-bond donors (Lipinski definition) is 0. The summed E-state index contributed by atoms with van der Waals surface area (Å²) in [6.45, 7) is 2.78. The summed E-state index contributed by atoms with van der Waals surface area (Å²) in [5.74, 6) is 0. The van der Waals surface area contributed by atoms with E-state index in [0.717, 1.165) is 6.61 Å².